The van der Waals surface area contributed by atoms with Crippen LogP contribution in [-0.4, -0.2) is 11.5 Å². The summed E-state index contributed by atoms with van der Waals surface area (Å²) in [7, 11) is 0. The molecule has 0 saturated carbocycles. The molecule has 0 aliphatic carbocycles. The van der Waals surface area contributed by atoms with Crippen molar-refractivity contribution < 1.29 is 4.39 Å². The standard InChI is InChI=1S/C13H15FN2S/c1-3-16-13(10-5-7-17-9(10)2)11-4-6-15-8-12(11)14/h4-8,13,16H,3H2,1-2H3. The lowest BCUT2D eigenvalue weighted by Gasteiger charge is -2.19. The molecule has 0 amide bonds. The van der Waals surface area contributed by atoms with Crippen molar-refractivity contribution in [2.75, 3.05) is 6.54 Å². The molecular weight excluding hydrogens is 235 g/mol. The molecule has 0 aromatic carbocycles. The molecule has 4 heteroatoms. The third-order valence-corrected chi connectivity index (χ3v) is 3.59. The zero-order chi connectivity index (χ0) is 12.3. The lowest BCUT2D eigenvalue weighted by Crippen LogP contribution is -2.23. The smallest absolute Gasteiger partial charge is 0.146 e. The van der Waals surface area contributed by atoms with Gasteiger partial charge in [0.25, 0.3) is 0 Å². The predicted octanol–water partition coefficient (Wildman–Crippen LogP) is 3.29. The summed E-state index contributed by atoms with van der Waals surface area (Å²) in [5.41, 5.74) is 1.80. The fraction of sp³-hybridized carbons (Fsp3) is 0.308. The Morgan fingerprint density at radius 3 is 2.82 bits per heavy atom. The fourth-order valence-electron chi connectivity index (χ4n) is 1.91. The molecule has 0 radical (unpaired) electrons. The monoisotopic (exact) mass is 250 g/mol. The highest BCUT2D eigenvalue weighted by Crippen LogP contribution is 2.29. The van der Waals surface area contributed by atoms with Gasteiger partial charge in [0.05, 0.1) is 12.2 Å². The second kappa shape index (κ2) is 5.38. The van der Waals surface area contributed by atoms with Gasteiger partial charge in [0.2, 0.25) is 0 Å². The Morgan fingerprint density at radius 1 is 1.41 bits per heavy atom. The molecule has 2 rings (SSSR count). The Balaban J connectivity index is 2.43. The molecule has 0 aliphatic heterocycles. The number of aromatic nitrogens is 1. The van der Waals surface area contributed by atoms with Crippen molar-refractivity contribution in [2.45, 2.75) is 19.9 Å². The summed E-state index contributed by atoms with van der Waals surface area (Å²) in [6, 6.07) is 3.70. The van der Waals surface area contributed by atoms with E-state index >= 15 is 0 Å². The van der Waals surface area contributed by atoms with Gasteiger partial charge < -0.3 is 5.32 Å². The van der Waals surface area contributed by atoms with E-state index in [1.165, 1.54) is 11.1 Å². The first kappa shape index (κ1) is 12.2. The number of nitrogens with zero attached hydrogens (tertiary/aromatic N) is 1. The highest BCUT2D eigenvalue weighted by molar-refractivity contribution is 7.10. The Bertz CT molecular complexity index is 496. The van der Waals surface area contributed by atoms with Crippen molar-refractivity contribution in [3.8, 4) is 0 Å². The van der Waals surface area contributed by atoms with Gasteiger partial charge in [-0.3, -0.25) is 4.98 Å². The van der Waals surface area contributed by atoms with Crippen LogP contribution in [0.2, 0.25) is 0 Å². The Labute approximate surface area is 105 Å². The van der Waals surface area contributed by atoms with E-state index in [9.17, 15) is 4.39 Å². The van der Waals surface area contributed by atoms with E-state index in [1.807, 2.05) is 18.4 Å². The second-order valence-electron chi connectivity index (χ2n) is 3.82. The molecule has 2 aromatic rings. The van der Waals surface area contributed by atoms with Crippen LogP contribution < -0.4 is 5.32 Å². The first-order chi connectivity index (χ1) is 8.24. The van der Waals surface area contributed by atoms with Crippen molar-refractivity contribution >= 4 is 11.3 Å². The molecule has 2 aromatic heterocycles. The minimum Gasteiger partial charge on any atom is -0.306 e. The lowest BCUT2D eigenvalue weighted by atomic mass is 10.00. The molecule has 90 valence electrons. The number of aryl methyl sites for hydroxylation is 1. The Hall–Kier alpha value is -1.26. The summed E-state index contributed by atoms with van der Waals surface area (Å²) in [4.78, 5) is 5.01. The Morgan fingerprint density at radius 2 is 2.24 bits per heavy atom. The van der Waals surface area contributed by atoms with Crippen molar-refractivity contribution in [3.63, 3.8) is 0 Å². The summed E-state index contributed by atoms with van der Waals surface area (Å²) in [6.45, 7) is 4.87. The molecule has 0 aliphatic rings. The van der Waals surface area contributed by atoms with Crippen molar-refractivity contribution in [3.05, 3.63) is 51.7 Å². The van der Waals surface area contributed by atoms with E-state index in [1.54, 1.807) is 23.6 Å². The van der Waals surface area contributed by atoms with Crippen LogP contribution >= 0.6 is 11.3 Å². The molecule has 1 atom stereocenters. The number of nitrogens with one attached hydrogen (secondary N) is 1. The van der Waals surface area contributed by atoms with Crippen LogP contribution in [0.5, 0.6) is 0 Å². The van der Waals surface area contributed by atoms with Crippen LogP contribution in [0.4, 0.5) is 4.39 Å². The number of rotatable bonds is 4. The number of halogens is 1. The van der Waals surface area contributed by atoms with Gasteiger partial charge in [0.15, 0.2) is 0 Å². The molecule has 0 fully saturated rings. The molecular formula is C13H15FN2S. The van der Waals surface area contributed by atoms with E-state index in [-0.39, 0.29) is 11.9 Å². The molecule has 0 spiro atoms. The van der Waals surface area contributed by atoms with Gasteiger partial charge in [-0.15, -0.1) is 11.3 Å². The topological polar surface area (TPSA) is 24.9 Å². The van der Waals surface area contributed by atoms with E-state index in [0.717, 1.165) is 12.1 Å². The van der Waals surface area contributed by atoms with E-state index in [0.29, 0.717) is 5.56 Å². The number of hydrogen-bond donors (Lipinski definition) is 1. The van der Waals surface area contributed by atoms with Gasteiger partial charge in [-0.1, -0.05) is 6.92 Å². The molecule has 2 heterocycles. The van der Waals surface area contributed by atoms with Crippen LogP contribution in [0.25, 0.3) is 0 Å². The zero-order valence-corrected chi connectivity index (χ0v) is 10.7. The summed E-state index contributed by atoms with van der Waals surface area (Å²) in [5, 5.41) is 5.36. The van der Waals surface area contributed by atoms with Crippen LogP contribution in [0.15, 0.2) is 29.9 Å². The molecule has 0 bridgehead atoms. The minimum atomic E-state index is -0.260. The summed E-state index contributed by atoms with van der Waals surface area (Å²) >= 11 is 1.68. The van der Waals surface area contributed by atoms with E-state index in [2.05, 4.69) is 17.2 Å². The van der Waals surface area contributed by atoms with E-state index in [4.69, 9.17) is 0 Å². The van der Waals surface area contributed by atoms with Crippen molar-refractivity contribution in [1.82, 2.24) is 10.3 Å². The normalized spacial score (nSPS) is 12.6. The first-order valence-corrected chi connectivity index (χ1v) is 6.48. The zero-order valence-electron chi connectivity index (χ0n) is 9.90. The fourth-order valence-corrected chi connectivity index (χ4v) is 2.65. The molecule has 1 N–H and O–H groups in total. The first-order valence-electron chi connectivity index (χ1n) is 5.60. The summed E-state index contributed by atoms with van der Waals surface area (Å²) in [5.74, 6) is -0.260. The highest BCUT2D eigenvalue weighted by Gasteiger charge is 2.19. The minimum absolute atomic E-state index is 0.0887. The van der Waals surface area contributed by atoms with Gasteiger partial charge in [-0.25, -0.2) is 4.39 Å². The van der Waals surface area contributed by atoms with Crippen LogP contribution in [-0.2, 0) is 0 Å². The number of pyridine rings is 1. The van der Waals surface area contributed by atoms with Gasteiger partial charge >= 0.3 is 0 Å². The van der Waals surface area contributed by atoms with Gasteiger partial charge in [0.1, 0.15) is 5.82 Å². The van der Waals surface area contributed by atoms with Crippen LogP contribution in [0.1, 0.15) is 29.0 Å². The molecule has 2 nitrogen and oxygen atoms in total. The predicted molar refractivity (Wildman–Crippen MR) is 68.8 cm³/mol. The Kier molecular flexibility index (Phi) is 3.86. The maximum absolute atomic E-state index is 13.8. The van der Waals surface area contributed by atoms with Gasteiger partial charge in [-0.05, 0) is 36.5 Å². The van der Waals surface area contributed by atoms with Gasteiger partial charge in [-0.2, -0.15) is 0 Å². The maximum atomic E-state index is 13.8. The average Bonchev–Trinajstić information content (AvgIpc) is 2.74. The quantitative estimate of drug-likeness (QED) is 0.900. The third-order valence-electron chi connectivity index (χ3n) is 2.73. The van der Waals surface area contributed by atoms with Crippen molar-refractivity contribution in [1.29, 1.82) is 0 Å². The number of hydrogen-bond acceptors (Lipinski definition) is 3. The SMILES string of the molecule is CCNC(c1ccncc1F)c1ccsc1C. The largest absolute Gasteiger partial charge is 0.306 e. The lowest BCUT2D eigenvalue weighted by molar-refractivity contribution is 0.554. The number of thiophene rings is 1. The third kappa shape index (κ3) is 2.53. The van der Waals surface area contributed by atoms with Crippen LogP contribution in [0.3, 0.4) is 0 Å². The average molecular weight is 250 g/mol. The second-order valence-corrected chi connectivity index (χ2v) is 4.94. The van der Waals surface area contributed by atoms with Crippen LogP contribution in [0, 0.1) is 12.7 Å². The molecule has 0 saturated heterocycles. The van der Waals surface area contributed by atoms with Crippen molar-refractivity contribution in [2.24, 2.45) is 0 Å². The summed E-state index contributed by atoms with van der Waals surface area (Å²) < 4.78 is 13.8. The maximum Gasteiger partial charge on any atom is 0.146 e. The highest BCUT2D eigenvalue weighted by atomic mass is 32.1. The molecule has 1 unspecified atom stereocenters. The van der Waals surface area contributed by atoms with E-state index < -0.39 is 0 Å². The van der Waals surface area contributed by atoms with Gasteiger partial charge in [0, 0.05) is 16.6 Å². The summed E-state index contributed by atoms with van der Waals surface area (Å²) in [6.07, 6.45) is 2.89. The molecule has 17 heavy (non-hydrogen) atoms.